The van der Waals surface area contributed by atoms with Crippen molar-refractivity contribution in [2.24, 2.45) is 7.05 Å². The van der Waals surface area contributed by atoms with Crippen molar-refractivity contribution in [3.05, 3.63) is 41.2 Å². The van der Waals surface area contributed by atoms with E-state index in [9.17, 15) is 4.79 Å². The van der Waals surface area contributed by atoms with E-state index in [0.29, 0.717) is 43.4 Å². The van der Waals surface area contributed by atoms with E-state index in [-0.39, 0.29) is 18.6 Å². The average Bonchev–Trinajstić information content (AvgIpc) is 3.23. The molecule has 2 aliphatic heterocycles. The fraction of sp³-hybridized carbons (Fsp3) is 0.444. The summed E-state index contributed by atoms with van der Waals surface area (Å²) < 4.78 is 18.1. The van der Waals surface area contributed by atoms with Crippen LogP contribution in [0, 0.1) is 0 Å². The average molecular weight is 343 g/mol. The van der Waals surface area contributed by atoms with Crippen molar-refractivity contribution < 1.29 is 19.0 Å². The molecule has 1 aromatic carbocycles. The summed E-state index contributed by atoms with van der Waals surface area (Å²) in [6.07, 6.45) is 1.98. The van der Waals surface area contributed by atoms with Gasteiger partial charge in [-0.1, -0.05) is 0 Å². The predicted molar refractivity (Wildman–Crippen MR) is 89.7 cm³/mol. The number of hydrogen-bond acceptors (Lipinski definition) is 5. The van der Waals surface area contributed by atoms with Crippen LogP contribution in [0.1, 0.15) is 34.5 Å². The van der Waals surface area contributed by atoms with E-state index in [4.69, 9.17) is 14.2 Å². The lowest BCUT2D eigenvalue weighted by Gasteiger charge is -2.32. The van der Waals surface area contributed by atoms with Crippen molar-refractivity contribution in [2.45, 2.75) is 19.4 Å². The van der Waals surface area contributed by atoms with E-state index in [0.717, 1.165) is 11.3 Å². The van der Waals surface area contributed by atoms with Crippen LogP contribution >= 0.6 is 0 Å². The van der Waals surface area contributed by atoms with Gasteiger partial charge in [0.05, 0.1) is 12.3 Å². The Morgan fingerprint density at radius 3 is 3.04 bits per heavy atom. The predicted octanol–water partition coefficient (Wildman–Crippen LogP) is 1.92. The second-order valence-corrected chi connectivity index (χ2v) is 6.32. The van der Waals surface area contributed by atoms with Gasteiger partial charge in [0.1, 0.15) is 0 Å². The molecule has 0 spiro atoms. The summed E-state index contributed by atoms with van der Waals surface area (Å²) in [5.41, 5.74) is 2.71. The first-order valence-electron chi connectivity index (χ1n) is 8.44. The highest BCUT2D eigenvalue weighted by Gasteiger charge is 2.31. The van der Waals surface area contributed by atoms with Crippen LogP contribution in [0.25, 0.3) is 0 Å². The van der Waals surface area contributed by atoms with Gasteiger partial charge in [-0.05, 0) is 25.1 Å². The summed E-state index contributed by atoms with van der Waals surface area (Å²) in [5.74, 6) is 1.37. The van der Waals surface area contributed by atoms with E-state index in [1.807, 2.05) is 25.1 Å². The maximum Gasteiger partial charge on any atom is 0.254 e. The van der Waals surface area contributed by atoms with Gasteiger partial charge in [-0.25, -0.2) is 0 Å². The Morgan fingerprint density at radius 1 is 1.36 bits per heavy atom. The fourth-order valence-corrected chi connectivity index (χ4v) is 3.40. The van der Waals surface area contributed by atoms with Crippen molar-refractivity contribution in [1.29, 1.82) is 0 Å². The second kappa shape index (κ2) is 6.40. The number of carbonyl (C=O) groups excluding carboxylic acids is 1. The van der Waals surface area contributed by atoms with Crippen molar-refractivity contribution in [3.8, 4) is 11.5 Å². The standard InChI is InChI=1S/C18H21N3O4/c1-3-23-10-14-9-21(8-13-7-20(2)19-17(13)14)18(22)12-4-5-15-16(6-12)25-11-24-15/h4-7,14H,3,8-11H2,1-2H3. The number of aryl methyl sites for hydroxylation is 1. The zero-order chi connectivity index (χ0) is 17.4. The third-order valence-corrected chi connectivity index (χ3v) is 4.56. The Labute approximate surface area is 146 Å². The van der Waals surface area contributed by atoms with E-state index in [2.05, 4.69) is 5.10 Å². The quantitative estimate of drug-likeness (QED) is 0.849. The molecule has 3 heterocycles. The van der Waals surface area contributed by atoms with Crippen LogP contribution < -0.4 is 9.47 Å². The minimum atomic E-state index is -0.0192. The first kappa shape index (κ1) is 16.0. The topological polar surface area (TPSA) is 65.8 Å². The zero-order valence-corrected chi connectivity index (χ0v) is 14.4. The molecule has 4 rings (SSSR count). The van der Waals surface area contributed by atoms with Crippen LogP contribution in [0.2, 0.25) is 0 Å². The molecule has 0 fully saturated rings. The molecule has 0 bridgehead atoms. The molecule has 7 nitrogen and oxygen atoms in total. The van der Waals surface area contributed by atoms with Crippen molar-refractivity contribution in [2.75, 3.05) is 26.6 Å². The maximum atomic E-state index is 13.0. The van der Waals surface area contributed by atoms with Gasteiger partial charge >= 0.3 is 0 Å². The Morgan fingerprint density at radius 2 is 2.20 bits per heavy atom. The first-order chi connectivity index (χ1) is 12.2. The molecule has 0 saturated heterocycles. The Hall–Kier alpha value is -2.54. The summed E-state index contributed by atoms with van der Waals surface area (Å²) in [6, 6.07) is 5.32. The molecule has 2 aromatic rings. The molecule has 132 valence electrons. The molecule has 0 radical (unpaired) electrons. The molecule has 1 amide bonds. The largest absolute Gasteiger partial charge is 0.454 e. The van der Waals surface area contributed by atoms with Crippen LogP contribution in [0.15, 0.2) is 24.4 Å². The summed E-state index contributed by atoms with van der Waals surface area (Å²) in [5, 5.41) is 4.56. The molecule has 0 saturated carbocycles. The van der Waals surface area contributed by atoms with Gasteiger partial charge in [0, 0.05) is 50.0 Å². The van der Waals surface area contributed by atoms with Crippen LogP contribution in [0.3, 0.4) is 0 Å². The van der Waals surface area contributed by atoms with Gasteiger partial charge in [0.2, 0.25) is 6.79 Å². The molecular formula is C18H21N3O4. The number of amides is 1. The smallest absolute Gasteiger partial charge is 0.254 e. The number of benzene rings is 1. The number of nitrogens with zero attached hydrogens (tertiary/aromatic N) is 3. The second-order valence-electron chi connectivity index (χ2n) is 6.32. The third kappa shape index (κ3) is 2.95. The molecule has 1 unspecified atom stereocenters. The van der Waals surface area contributed by atoms with Crippen LogP contribution in [-0.2, 0) is 18.3 Å². The number of carbonyl (C=O) groups is 1. The highest BCUT2D eigenvalue weighted by molar-refractivity contribution is 5.95. The summed E-state index contributed by atoms with van der Waals surface area (Å²) >= 11 is 0. The minimum Gasteiger partial charge on any atom is -0.454 e. The van der Waals surface area contributed by atoms with Crippen LogP contribution in [0.5, 0.6) is 11.5 Å². The SMILES string of the molecule is CCOCC1CN(C(=O)c2ccc3c(c2)OCO3)Cc2cn(C)nc21. The van der Waals surface area contributed by atoms with Gasteiger partial charge < -0.3 is 19.1 Å². The Bertz CT molecular complexity index is 802. The lowest BCUT2D eigenvalue weighted by molar-refractivity contribution is 0.0651. The number of hydrogen-bond donors (Lipinski definition) is 0. The fourth-order valence-electron chi connectivity index (χ4n) is 3.40. The molecule has 0 N–H and O–H groups in total. The Balaban J connectivity index is 1.59. The summed E-state index contributed by atoms with van der Waals surface area (Å²) in [6.45, 7) is 4.53. The number of aromatic nitrogens is 2. The summed E-state index contributed by atoms with van der Waals surface area (Å²) in [4.78, 5) is 14.8. The highest BCUT2D eigenvalue weighted by atomic mass is 16.7. The molecular weight excluding hydrogens is 322 g/mol. The molecule has 1 aromatic heterocycles. The molecule has 25 heavy (non-hydrogen) atoms. The maximum absolute atomic E-state index is 13.0. The summed E-state index contributed by atoms with van der Waals surface area (Å²) in [7, 11) is 1.90. The molecule has 2 aliphatic rings. The van der Waals surface area contributed by atoms with Gasteiger partial charge in [-0.15, -0.1) is 0 Å². The zero-order valence-electron chi connectivity index (χ0n) is 14.4. The van der Waals surface area contributed by atoms with Crippen molar-refractivity contribution in [3.63, 3.8) is 0 Å². The van der Waals surface area contributed by atoms with Gasteiger partial charge in [-0.3, -0.25) is 9.48 Å². The van der Waals surface area contributed by atoms with Gasteiger partial charge in [0.25, 0.3) is 5.91 Å². The van der Waals surface area contributed by atoms with E-state index in [1.165, 1.54) is 0 Å². The minimum absolute atomic E-state index is 0.0192. The molecule has 1 atom stereocenters. The van der Waals surface area contributed by atoms with Gasteiger partial charge in [0.15, 0.2) is 11.5 Å². The highest BCUT2D eigenvalue weighted by Crippen LogP contribution is 2.34. The first-order valence-corrected chi connectivity index (χ1v) is 8.44. The molecule has 7 heteroatoms. The lowest BCUT2D eigenvalue weighted by Crippen LogP contribution is -2.39. The number of rotatable bonds is 4. The van der Waals surface area contributed by atoms with E-state index < -0.39 is 0 Å². The number of fused-ring (bicyclic) bond motifs is 2. The van der Waals surface area contributed by atoms with Crippen LogP contribution in [-0.4, -0.2) is 47.1 Å². The Kier molecular flexibility index (Phi) is 4.09. The van der Waals surface area contributed by atoms with Crippen molar-refractivity contribution >= 4 is 5.91 Å². The lowest BCUT2D eigenvalue weighted by atomic mass is 9.96. The number of ether oxygens (including phenoxy) is 3. The monoisotopic (exact) mass is 343 g/mol. The van der Waals surface area contributed by atoms with Crippen molar-refractivity contribution in [1.82, 2.24) is 14.7 Å². The third-order valence-electron chi connectivity index (χ3n) is 4.56. The molecule has 0 aliphatic carbocycles. The van der Waals surface area contributed by atoms with E-state index in [1.54, 1.807) is 22.9 Å². The van der Waals surface area contributed by atoms with E-state index >= 15 is 0 Å². The normalized spacial score (nSPS) is 18.3. The van der Waals surface area contributed by atoms with Gasteiger partial charge in [-0.2, -0.15) is 5.10 Å². The van der Waals surface area contributed by atoms with Crippen LogP contribution in [0.4, 0.5) is 0 Å².